The maximum atomic E-state index is 10.5. The summed E-state index contributed by atoms with van der Waals surface area (Å²) in [5.41, 5.74) is 0.795. The zero-order valence-electron chi connectivity index (χ0n) is 9.29. The first kappa shape index (κ1) is 11.2. The fraction of sp³-hybridized carbons (Fsp3) is 0.300. The molecule has 7 heteroatoms. The highest BCUT2D eigenvalue weighted by Crippen LogP contribution is 2.21. The number of nitrogens with one attached hydrogen (secondary N) is 1. The number of aromatic nitrogens is 1. The van der Waals surface area contributed by atoms with Gasteiger partial charge in [0.05, 0.1) is 23.9 Å². The van der Waals surface area contributed by atoms with Gasteiger partial charge in [0.15, 0.2) is 5.82 Å². The number of nitrogens with zero attached hydrogens (tertiary/aromatic N) is 3. The van der Waals surface area contributed by atoms with Crippen molar-refractivity contribution in [2.24, 2.45) is 0 Å². The average Bonchev–Trinajstić information content (AvgIpc) is 2.76. The van der Waals surface area contributed by atoms with Crippen molar-refractivity contribution < 1.29 is 9.66 Å². The Morgan fingerprint density at radius 3 is 3.06 bits per heavy atom. The quantitative estimate of drug-likeness (QED) is 0.610. The van der Waals surface area contributed by atoms with Gasteiger partial charge < -0.3 is 15.0 Å². The van der Waals surface area contributed by atoms with Crippen molar-refractivity contribution in [3.8, 4) is 5.88 Å². The van der Waals surface area contributed by atoms with Gasteiger partial charge in [-0.05, 0) is 6.07 Å². The molecule has 7 nitrogen and oxygen atoms in total. The molecule has 2 rings (SSSR count). The van der Waals surface area contributed by atoms with E-state index < -0.39 is 4.92 Å². The monoisotopic (exact) mass is 236 g/mol. The Morgan fingerprint density at radius 1 is 1.65 bits per heavy atom. The summed E-state index contributed by atoms with van der Waals surface area (Å²) < 4.78 is 4.96. The second-order valence-electron chi connectivity index (χ2n) is 3.44. The third-order valence-corrected chi connectivity index (χ3v) is 2.40. The maximum absolute atomic E-state index is 10.5. The summed E-state index contributed by atoms with van der Waals surface area (Å²) in [6, 6.07) is 3.53. The van der Waals surface area contributed by atoms with Crippen molar-refractivity contribution in [3.05, 3.63) is 40.5 Å². The standard InChI is InChI=1S/C10H12N4O3/c1-17-10-3-2-8(6-12-10)13-5-4-11-9(13)7-14(15)16/h2-3,6-7,11H,4-5H2,1H3/b9-7+. The summed E-state index contributed by atoms with van der Waals surface area (Å²) >= 11 is 0. The van der Waals surface area contributed by atoms with E-state index in [9.17, 15) is 10.1 Å². The Bertz CT molecular complexity index is 443. The van der Waals surface area contributed by atoms with Crippen LogP contribution in [-0.4, -0.2) is 30.1 Å². The van der Waals surface area contributed by atoms with E-state index in [2.05, 4.69) is 10.3 Å². The summed E-state index contributed by atoms with van der Waals surface area (Å²) in [6.07, 6.45) is 2.58. The second kappa shape index (κ2) is 4.69. The zero-order valence-corrected chi connectivity index (χ0v) is 9.29. The molecule has 0 unspecified atom stereocenters. The van der Waals surface area contributed by atoms with E-state index in [4.69, 9.17) is 4.74 Å². The highest BCUT2D eigenvalue weighted by Gasteiger charge is 2.21. The van der Waals surface area contributed by atoms with Crippen molar-refractivity contribution in [2.45, 2.75) is 0 Å². The highest BCUT2D eigenvalue weighted by atomic mass is 16.6. The van der Waals surface area contributed by atoms with Gasteiger partial charge in [-0.3, -0.25) is 10.1 Å². The number of pyridine rings is 1. The lowest BCUT2D eigenvalue weighted by molar-refractivity contribution is -0.403. The Kier molecular flexibility index (Phi) is 3.08. The molecule has 1 N–H and O–H groups in total. The SMILES string of the molecule is COc1ccc(N2CCN/C2=C\[N+](=O)[O-])cn1. The molecule has 1 aliphatic rings. The van der Waals surface area contributed by atoms with E-state index in [1.807, 2.05) is 6.07 Å². The Hall–Kier alpha value is -2.31. The van der Waals surface area contributed by atoms with E-state index in [0.29, 0.717) is 24.8 Å². The molecule has 1 aliphatic heterocycles. The van der Waals surface area contributed by atoms with Gasteiger partial charge in [0.1, 0.15) is 0 Å². The summed E-state index contributed by atoms with van der Waals surface area (Å²) in [6.45, 7) is 1.35. The molecule has 0 bridgehead atoms. The first-order valence-electron chi connectivity index (χ1n) is 5.07. The molecule has 1 fully saturated rings. The van der Waals surface area contributed by atoms with E-state index in [1.165, 1.54) is 7.11 Å². The van der Waals surface area contributed by atoms with Gasteiger partial charge in [-0.25, -0.2) is 4.98 Å². The van der Waals surface area contributed by atoms with Gasteiger partial charge >= 0.3 is 0 Å². The second-order valence-corrected chi connectivity index (χ2v) is 3.44. The predicted octanol–water partition coefficient (Wildman–Crippen LogP) is 0.575. The number of anilines is 1. The van der Waals surface area contributed by atoms with E-state index in [1.54, 1.807) is 17.2 Å². The minimum atomic E-state index is -0.475. The molecular formula is C10H12N4O3. The van der Waals surface area contributed by atoms with Crippen LogP contribution in [0.3, 0.4) is 0 Å². The molecule has 1 aromatic heterocycles. The number of hydrogen-bond donors (Lipinski definition) is 1. The van der Waals surface area contributed by atoms with Crippen LogP contribution in [0, 0.1) is 10.1 Å². The summed E-state index contributed by atoms with van der Waals surface area (Å²) in [7, 11) is 1.54. The van der Waals surface area contributed by atoms with Gasteiger partial charge in [0.25, 0.3) is 6.20 Å². The van der Waals surface area contributed by atoms with Crippen LogP contribution < -0.4 is 15.0 Å². The molecule has 0 aliphatic carbocycles. The smallest absolute Gasteiger partial charge is 0.274 e. The van der Waals surface area contributed by atoms with Gasteiger partial charge in [-0.15, -0.1) is 0 Å². The van der Waals surface area contributed by atoms with Crippen LogP contribution in [0.15, 0.2) is 30.4 Å². The Labute approximate surface area is 97.9 Å². The number of nitro groups is 1. The van der Waals surface area contributed by atoms with Crippen LogP contribution in [0.2, 0.25) is 0 Å². The molecule has 2 heterocycles. The molecule has 1 saturated heterocycles. The molecule has 17 heavy (non-hydrogen) atoms. The lowest BCUT2D eigenvalue weighted by atomic mass is 10.3. The molecule has 0 aromatic carbocycles. The maximum Gasteiger partial charge on any atom is 0.274 e. The first-order chi connectivity index (χ1) is 8.20. The van der Waals surface area contributed by atoms with Crippen LogP contribution in [0.4, 0.5) is 5.69 Å². The molecule has 0 atom stereocenters. The Morgan fingerprint density at radius 2 is 2.47 bits per heavy atom. The van der Waals surface area contributed by atoms with Gasteiger partial charge in [-0.2, -0.15) is 0 Å². The molecule has 90 valence electrons. The van der Waals surface area contributed by atoms with Crippen LogP contribution in [-0.2, 0) is 0 Å². The Balaban J connectivity index is 2.23. The fourth-order valence-electron chi connectivity index (χ4n) is 1.65. The molecular weight excluding hydrogens is 224 g/mol. The third-order valence-electron chi connectivity index (χ3n) is 2.40. The van der Waals surface area contributed by atoms with Crippen molar-refractivity contribution in [1.82, 2.24) is 10.3 Å². The zero-order chi connectivity index (χ0) is 12.3. The molecule has 0 spiro atoms. The van der Waals surface area contributed by atoms with Crippen LogP contribution >= 0.6 is 0 Å². The lowest BCUT2D eigenvalue weighted by Crippen LogP contribution is -2.20. The van der Waals surface area contributed by atoms with Crippen molar-refractivity contribution in [3.63, 3.8) is 0 Å². The van der Waals surface area contributed by atoms with E-state index >= 15 is 0 Å². The minimum Gasteiger partial charge on any atom is -0.481 e. The largest absolute Gasteiger partial charge is 0.481 e. The number of rotatable bonds is 3. The average molecular weight is 236 g/mol. The number of methoxy groups -OCH3 is 1. The number of ether oxygens (including phenoxy) is 1. The molecule has 1 aromatic rings. The normalized spacial score (nSPS) is 17.0. The summed E-state index contributed by atoms with van der Waals surface area (Å²) in [5, 5.41) is 13.4. The molecule has 0 amide bonds. The molecule has 0 saturated carbocycles. The van der Waals surface area contributed by atoms with Crippen molar-refractivity contribution in [2.75, 3.05) is 25.1 Å². The summed E-state index contributed by atoms with van der Waals surface area (Å²) in [4.78, 5) is 15.9. The van der Waals surface area contributed by atoms with Crippen LogP contribution in [0.1, 0.15) is 0 Å². The van der Waals surface area contributed by atoms with Crippen LogP contribution in [0.25, 0.3) is 0 Å². The predicted molar refractivity (Wildman–Crippen MR) is 61.2 cm³/mol. The highest BCUT2D eigenvalue weighted by molar-refractivity contribution is 5.52. The first-order valence-corrected chi connectivity index (χ1v) is 5.07. The number of hydrogen-bond acceptors (Lipinski definition) is 6. The van der Waals surface area contributed by atoms with Crippen LogP contribution in [0.5, 0.6) is 5.88 Å². The molecule has 0 radical (unpaired) electrons. The minimum absolute atomic E-state index is 0.474. The fourth-order valence-corrected chi connectivity index (χ4v) is 1.65. The summed E-state index contributed by atoms with van der Waals surface area (Å²) in [5.74, 6) is 0.989. The van der Waals surface area contributed by atoms with Gasteiger partial charge in [0, 0.05) is 19.2 Å². The lowest BCUT2D eigenvalue weighted by Gasteiger charge is -2.16. The topological polar surface area (TPSA) is 80.5 Å². The van der Waals surface area contributed by atoms with E-state index in [-0.39, 0.29) is 0 Å². The van der Waals surface area contributed by atoms with Crippen molar-refractivity contribution in [1.29, 1.82) is 0 Å². The van der Waals surface area contributed by atoms with E-state index in [0.717, 1.165) is 11.9 Å². The van der Waals surface area contributed by atoms with Gasteiger partial charge in [0.2, 0.25) is 5.88 Å². The van der Waals surface area contributed by atoms with Crippen molar-refractivity contribution >= 4 is 5.69 Å². The third kappa shape index (κ3) is 2.44. The van der Waals surface area contributed by atoms with Gasteiger partial charge in [-0.1, -0.05) is 0 Å².